The molecule has 0 bridgehead atoms. The van der Waals surface area contributed by atoms with Crippen LogP contribution in [-0.2, 0) is 0 Å². The Morgan fingerprint density at radius 1 is 1.40 bits per heavy atom. The minimum Gasteiger partial charge on any atom is -0.309 e. The molecule has 1 N–H and O–H groups in total. The predicted octanol–water partition coefficient (Wildman–Crippen LogP) is 2.81. The molecule has 80 valence electrons. The highest BCUT2D eigenvalue weighted by Gasteiger charge is 2.06. The molecule has 0 fully saturated rings. The maximum Gasteiger partial charge on any atom is 0.0666 e. The third kappa shape index (κ3) is 3.73. The standard InChI is InChI=1S/C13H18N2/c1-10-5-4-6-13(7-10)12(3)15-9-11(2)8-14/h4-7,11-12,15H,9H2,1-3H3/t11?,12-/m0/s1. The third-order valence-electron chi connectivity index (χ3n) is 2.49. The van der Waals surface area contributed by atoms with E-state index in [2.05, 4.69) is 49.5 Å². The SMILES string of the molecule is Cc1cccc([C@H](C)NCC(C)C#N)c1. The molecule has 15 heavy (non-hydrogen) atoms. The second kappa shape index (κ2) is 5.53. The van der Waals surface area contributed by atoms with Gasteiger partial charge in [-0.05, 0) is 26.3 Å². The zero-order chi connectivity index (χ0) is 11.3. The molecule has 0 saturated carbocycles. The van der Waals surface area contributed by atoms with Crippen molar-refractivity contribution in [1.82, 2.24) is 5.32 Å². The minimum absolute atomic E-state index is 0.0669. The van der Waals surface area contributed by atoms with Crippen LogP contribution >= 0.6 is 0 Å². The van der Waals surface area contributed by atoms with E-state index in [1.807, 2.05) is 6.92 Å². The molecule has 2 nitrogen and oxygen atoms in total. The third-order valence-corrected chi connectivity index (χ3v) is 2.49. The molecule has 0 radical (unpaired) electrons. The Kier molecular flexibility index (Phi) is 4.33. The van der Waals surface area contributed by atoms with Gasteiger partial charge in [0.2, 0.25) is 0 Å². The van der Waals surface area contributed by atoms with Crippen LogP contribution in [0.2, 0.25) is 0 Å². The molecular weight excluding hydrogens is 184 g/mol. The van der Waals surface area contributed by atoms with Crippen molar-refractivity contribution in [1.29, 1.82) is 5.26 Å². The van der Waals surface area contributed by atoms with Gasteiger partial charge in [-0.2, -0.15) is 5.26 Å². The lowest BCUT2D eigenvalue weighted by atomic mass is 10.1. The summed E-state index contributed by atoms with van der Waals surface area (Å²) in [5.41, 5.74) is 2.55. The van der Waals surface area contributed by atoms with Crippen LogP contribution in [-0.4, -0.2) is 6.54 Å². The van der Waals surface area contributed by atoms with Crippen LogP contribution in [0.4, 0.5) is 0 Å². The fraction of sp³-hybridized carbons (Fsp3) is 0.462. The molecule has 1 rings (SSSR count). The molecule has 0 saturated heterocycles. The molecule has 2 atom stereocenters. The van der Waals surface area contributed by atoms with Crippen molar-refractivity contribution in [2.24, 2.45) is 5.92 Å². The average molecular weight is 202 g/mol. The number of benzene rings is 1. The van der Waals surface area contributed by atoms with Gasteiger partial charge in [-0.1, -0.05) is 29.8 Å². The van der Waals surface area contributed by atoms with Crippen LogP contribution in [0.1, 0.15) is 31.0 Å². The van der Waals surface area contributed by atoms with E-state index in [4.69, 9.17) is 5.26 Å². The average Bonchev–Trinajstić information content (AvgIpc) is 2.25. The first-order chi connectivity index (χ1) is 7.13. The van der Waals surface area contributed by atoms with Crippen molar-refractivity contribution in [2.45, 2.75) is 26.8 Å². The molecule has 1 aromatic rings. The van der Waals surface area contributed by atoms with Crippen LogP contribution in [0.5, 0.6) is 0 Å². The highest BCUT2D eigenvalue weighted by atomic mass is 14.9. The van der Waals surface area contributed by atoms with E-state index in [1.165, 1.54) is 11.1 Å². The summed E-state index contributed by atoms with van der Waals surface area (Å²) in [5, 5.41) is 12.0. The minimum atomic E-state index is 0.0669. The lowest BCUT2D eigenvalue weighted by Crippen LogP contribution is -2.23. The summed E-state index contributed by atoms with van der Waals surface area (Å²) in [4.78, 5) is 0. The summed E-state index contributed by atoms with van der Waals surface area (Å²) < 4.78 is 0. The maximum absolute atomic E-state index is 8.67. The van der Waals surface area contributed by atoms with Crippen LogP contribution in [0.15, 0.2) is 24.3 Å². The fourth-order valence-corrected chi connectivity index (χ4v) is 1.46. The lowest BCUT2D eigenvalue weighted by Gasteiger charge is -2.15. The highest BCUT2D eigenvalue weighted by Crippen LogP contribution is 2.13. The van der Waals surface area contributed by atoms with E-state index in [0.717, 1.165) is 6.54 Å². The first kappa shape index (κ1) is 11.7. The van der Waals surface area contributed by atoms with Crippen LogP contribution in [0.3, 0.4) is 0 Å². The van der Waals surface area contributed by atoms with Gasteiger partial charge in [0, 0.05) is 12.6 Å². The van der Waals surface area contributed by atoms with Crippen molar-refractivity contribution in [3.8, 4) is 6.07 Å². The Hall–Kier alpha value is -1.33. The number of nitrogens with zero attached hydrogens (tertiary/aromatic N) is 1. The normalized spacial score (nSPS) is 14.3. The number of rotatable bonds is 4. The maximum atomic E-state index is 8.67. The van der Waals surface area contributed by atoms with Crippen LogP contribution < -0.4 is 5.32 Å². The van der Waals surface area contributed by atoms with E-state index in [0.29, 0.717) is 6.04 Å². The molecule has 1 unspecified atom stereocenters. The monoisotopic (exact) mass is 202 g/mol. The van der Waals surface area contributed by atoms with Gasteiger partial charge in [0.15, 0.2) is 0 Å². The van der Waals surface area contributed by atoms with Gasteiger partial charge in [0.25, 0.3) is 0 Å². The van der Waals surface area contributed by atoms with Gasteiger partial charge in [0.05, 0.1) is 12.0 Å². The molecule has 0 aliphatic carbocycles. The summed E-state index contributed by atoms with van der Waals surface area (Å²) in [7, 11) is 0. The lowest BCUT2D eigenvalue weighted by molar-refractivity contribution is 0.527. The molecule has 1 aromatic carbocycles. The van der Waals surface area contributed by atoms with Gasteiger partial charge in [-0.25, -0.2) is 0 Å². The van der Waals surface area contributed by atoms with E-state index in [1.54, 1.807) is 0 Å². The summed E-state index contributed by atoms with van der Waals surface area (Å²) in [6, 6.07) is 11.0. The van der Waals surface area contributed by atoms with E-state index >= 15 is 0 Å². The second-order valence-corrected chi connectivity index (χ2v) is 4.07. The second-order valence-electron chi connectivity index (χ2n) is 4.07. The topological polar surface area (TPSA) is 35.8 Å². The quantitative estimate of drug-likeness (QED) is 0.815. The number of nitrogens with one attached hydrogen (secondary N) is 1. The van der Waals surface area contributed by atoms with Gasteiger partial charge in [-0.15, -0.1) is 0 Å². The van der Waals surface area contributed by atoms with Gasteiger partial charge < -0.3 is 5.32 Å². The van der Waals surface area contributed by atoms with Crippen molar-refractivity contribution in [2.75, 3.05) is 6.54 Å². The highest BCUT2D eigenvalue weighted by molar-refractivity contribution is 5.24. The van der Waals surface area contributed by atoms with E-state index in [-0.39, 0.29) is 5.92 Å². The van der Waals surface area contributed by atoms with E-state index < -0.39 is 0 Å². The summed E-state index contributed by atoms with van der Waals surface area (Å²) >= 11 is 0. The fourth-order valence-electron chi connectivity index (χ4n) is 1.46. The zero-order valence-electron chi connectivity index (χ0n) is 9.62. The Balaban J connectivity index is 2.54. The summed E-state index contributed by atoms with van der Waals surface area (Å²) in [5.74, 6) is 0.0669. The Morgan fingerprint density at radius 2 is 2.13 bits per heavy atom. The van der Waals surface area contributed by atoms with Gasteiger partial charge in [0.1, 0.15) is 0 Å². The Bertz CT molecular complexity index is 352. The number of hydrogen-bond donors (Lipinski definition) is 1. The van der Waals surface area contributed by atoms with Crippen molar-refractivity contribution >= 4 is 0 Å². The van der Waals surface area contributed by atoms with Gasteiger partial charge in [-0.3, -0.25) is 0 Å². The molecule has 0 heterocycles. The molecule has 0 spiro atoms. The van der Waals surface area contributed by atoms with Crippen molar-refractivity contribution in [3.05, 3.63) is 35.4 Å². The first-order valence-electron chi connectivity index (χ1n) is 5.33. The Morgan fingerprint density at radius 3 is 2.73 bits per heavy atom. The summed E-state index contributed by atoms with van der Waals surface area (Å²) in [6.07, 6.45) is 0. The number of nitriles is 1. The molecule has 0 aromatic heterocycles. The van der Waals surface area contributed by atoms with Crippen LogP contribution in [0.25, 0.3) is 0 Å². The van der Waals surface area contributed by atoms with E-state index in [9.17, 15) is 0 Å². The molecular formula is C13H18N2. The number of hydrogen-bond acceptors (Lipinski definition) is 2. The zero-order valence-corrected chi connectivity index (χ0v) is 9.62. The Labute approximate surface area is 91.9 Å². The smallest absolute Gasteiger partial charge is 0.0666 e. The van der Waals surface area contributed by atoms with Crippen molar-refractivity contribution < 1.29 is 0 Å². The van der Waals surface area contributed by atoms with Crippen molar-refractivity contribution in [3.63, 3.8) is 0 Å². The summed E-state index contributed by atoms with van der Waals surface area (Å²) in [6.45, 7) is 6.88. The van der Waals surface area contributed by atoms with Gasteiger partial charge >= 0.3 is 0 Å². The first-order valence-corrected chi connectivity index (χ1v) is 5.33. The predicted molar refractivity (Wildman–Crippen MR) is 62.4 cm³/mol. The molecule has 0 amide bonds. The number of aryl methyl sites for hydroxylation is 1. The van der Waals surface area contributed by atoms with Crippen LogP contribution in [0, 0.1) is 24.2 Å². The molecule has 0 aliphatic rings. The molecule has 2 heteroatoms. The molecule has 0 aliphatic heterocycles. The largest absolute Gasteiger partial charge is 0.309 e.